The van der Waals surface area contributed by atoms with E-state index in [4.69, 9.17) is 5.26 Å². The average molecular weight is 581 g/mol. The Labute approximate surface area is 249 Å². The molecule has 0 aliphatic heterocycles. The Hall–Kier alpha value is -5.78. The zero-order valence-corrected chi connectivity index (χ0v) is 22.9. The standard InChI is InChI=1S/C16H6N2O2S2.C16H6N2O2/c17-5-9-10(6-18)16(22)12-11(15(9)21)13(19)7-3-1-2-4-8(7)14(12)20;17-7-9-5-6-12-14(13(9)8-18)16(20)11-4-2-1-3-10(11)15(12)19/h1-4,21-22H;1-6H. The lowest BCUT2D eigenvalue weighted by molar-refractivity contribution is 0.0974. The van der Waals surface area contributed by atoms with Crippen molar-refractivity contribution >= 4 is 48.4 Å². The molecule has 0 atom stereocenters. The lowest BCUT2D eigenvalue weighted by Gasteiger charge is -2.21. The van der Waals surface area contributed by atoms with Crippen LogP contribution in [0.5, 0.6) is 0 Å². The molecular formula is C32H12N4O4S2. The number of carbonyl (C=O) groups excluding carboxylic acids is 4. The summed E-state index contributed by atoms with van der Waals surface area (Å²) in [6.45, 7) is 0. The lowest BCUT2D eigenvalue weighted by Crippen LogP contribution is -2.23. The van der Waals surface area contributed by atoms with Gasteiger partial charge in [0.05, 0.1) is 27.8 Å². The Morgan fingerprint density at radius 2 is 0.810 bits per heavy atom. The number of benzene rings is 4. The molecule has 0 amide bonds. The molecule has 2 aliphatic rings. The van der Waals surface area contributed by atoms with Gasteiger partial charge >= 0.3 is 0 Å². The van der Waals surface area contributed by atoms with Gasteiger partial charge in [-0.3, -0.25) is 19.2 Å². The van der Waals surface area contributed by atoms with E-state index in [2.05, 4.69) is 25.3 Å². The molecule has 0 fully saturated rings. The molecule has 0 aromatic heterocycles. The number of fused-ring (bicyclic) bond motifs is 4. The van der Waals surface area contributed by atoms with Crippen molar-refractivity contribution in [1.82, 2.24) is 0 Å². The van der Waals surface area contributed by atoms with Crippen molar-refractivity contribution in [3.8, 4) is 24.3 Å². The summed E-state index contributed by atoms with van der Waals surface area (Å²) in [6.07, 6.45) is 0. The highest BCUT2D eigenvalue weighted by Crippen LogP contribution is 2.39. The summed E-state index contributed by atoms with van der Waals surface area (Å²) in [6, 6.07) is 23.2. The number of hydrogen-bond donors (Lipinski definition) is 2. The molecule has 0 unspecified atom stereocenters. The third-order valence-electron chi connectivity index (χ3n) is 6.87. The number of ketones is 4. The summed E-state index contributed by atoms with van der Waals surface area (Å²) in [4.78, 5) is 50.3. The largest absolute Gasteiger partial charge is 0.289 e. The third-order valence-corrected chi connectivity index (χ3v) is 7.76. The predicted octanol–water partition coefficient (Wildman–Crippen LogP) is 4.99. The fraction of sp³-hybridized carbons (Fsp3) is 0. The van der Waals surface area contributed by atoms with E-state index in [1.54, 1.807) is 48.5 Å². The molecule has 42 heavy (non-hydrogen) atoms. The highest BCUT2D eigenvalue weighted by molar-refractivity contribution is 7.81. The highest BCUT2D eigenvalue weighted by Gasteiger charge is 2.36. The van der Waals surface area contributed by atoms with Gasteiger partial charge in [-0.15, -0.1) is 25.3 Å². The van der Waals surface area contributed by atoms with Crippen LogP contribution in [0.25, 0.3) is 0 Å². The first kappa shape index (κ1) is 27.8. The zero-order valence-electron chi connectivity index (χ0n) is 21.1. The monoisotopic (exact) mass is 580 g/mol. The van der Waals surface area contributed by atoms with Crippen LogP contribution in [0.3, 0.4) is 0 Å². The van der Waals surface area contributed by atoms with Crippen LogP contribution < -0.4 is 0 Å². The normalized spacial score (nSPS) is 12.1. The van der Waals surface area contributed by atoms with Crippen LogP contribution in [0, 0.1) is 45.3 Å². The van der Waals surface area contributed by atoms with Crippen molar-refractivity contribution in [2.24, 2.45) is 0 Å². The molecule has 6 rings (SSSR count). The van der Waals surface area contributed by atoms with Crippen LogP contribution in [0.2, 0.25) is 0 Å². The molecule has 0 saturated heterocycles. The molecule has 0 bridgehead atoms. The Balaban J connectivity index is 0.000000169. The van der Waals surface area contributed by atoms with Crippen LogP contribution in [-0.4, -0.2) is 23.1 Å². The number of thiol groups is 2. The first-order valence-electron chi connectivity index (χ1n) is 12.0. The Morgan fingerprint density at radius 3 is 1.19 bits per heavy atom. The molecule has 0 N–H and O–H groups in total. The SMILES string of the molecule is N#Cc1c(S)c2c(c(S)c1C#N)C(=O)c1ccccc1C2=O.N#Cc1ccc2c(c1C#N)C(=O)c1ccccc1C2=O. The van der Waals surface area contributed by atoms with Gasteiger partial charge in [0.1, 0.15) is 24.3 Å². The fourth-order valence-electron chi connectivity index (χ4n) is 4.93. The van der Waals surface area contributed by atoms with Gasteiger partial charge < -0.3 is 0 Å². The van der Waals surface area contributed by atoms with Crippen molar-refractivity contribution in [3.05, 3.63) is 127 Å². The molecule has 196 valence electrons. The highest BCUT2D eigenvalue weighted by atomic mass is 32.1. The summed E-state index contributed by atoms with van der Waals surface area (Å²) in [5, 5.41) is 36.6. The number of nitriles is 4. The minimum Gasteiger partial charge on any atom is -0.289 e. The van der Waals surface area contributed by atoms with Gasteiger partial charge in [-0.05, 0) is 12.1 Å². The quantitative estimate of drug-likeness (QED) is 0.237. The molecule has 0 radical (unpaired) electrons. The Bertz CT molecular complexity index is 2060. The minimum atomic E-state index is -0.397. The van der Waals surface area contributed by atoms with E-state index in [1.165, 1.54) is 12.1 Å². The smallest absolute Gasteiger partial charge is 0.195 e. The van der Waals surface area contributed by atoms with Gasteiger partial charge in [-0.25, -0.2) is 0 Å². The number of nitrogens with zero attached hydrogens (tertiary/aromatic N) is 4. The summed E-state index contributed by atoms with van der Waals surface area (Å²) >= 11 is 8.42. The maximum absolute atomic E-state index is 12.7. The van der Waals surface area contributed by atoms with Crippen LogP contribution in [0.15, 0.2) is 70.5 Å². The second-order valence-electron chi connectivity index (χ2n) is 8.96. The number of rotatable bonds is 0. The first-order valence-corrected chi connectivity index (χ1v) is 12.9. The minimum absolute atomic E-state index is 0.0298. The van der Waals surface area contributed by atoms with Gasteiger partial charge in [0.15, 0.2) is 23.1 Å². The molecular weight excluding hydrogens is 569 g/mol. The maximum atomic E-state index is 12.7. The second kappa shape index (κ2) is 10.7. The topological polar surface area (TPSA) is 163 Å². The molecule has 0 saturated carbocycles. The zero-order chi connectivity index (χ0) is 30.3. The summed E-state index contributed by atoms with van der Waals surface area (Å²) < 4.78 is 0. The molecule has 2 aliphatic carbocycles. The van der Waals surface area contributed by atoms with Crippen molar-refractivity contribution in [2.45, 2.75) is 9.79 Å². The van der Waals surface area contributed by atoms with Gasteiger partial charge in [-0.2, -0.15) is 21.0 Å². The van der Waals surface area contributed by atoms with E-state index in [1.807, 2.05) is 24.3 Å². The lowest BCUT2D eigenvalue weighted by atomic mass is 9.81. The Morgan fingerprint density at radius 1 is 0.429 bits per heavy atom. The number of hydrogen-bond acceptors (Lipinski definition) is 10. The van der Waals surface area contributed by atoms with E-state index in [-0.39, 0.29) is 82.6 Å². The van der Waals surface area contributed by atoms with Crippen molar-refractivity contribution in [3.63, 3.8) is 0 Å². The van der Waals surface area contributed by atoms with Crippen molar-refractivity contribution < 1.29 is 19.2 Å². The number of carbonyl (C=O) groups is 4. The molecule has 10 heteroatoms. The van der Waals surface area contributed by atoms with Crippen LogP contribution in [0.1, 0.15) is 85.9 Å². The summed E-state index contributed by atoms with van der Waals surface area (Å²) in [5.41, 5.74) is 1.40. The van der Waals surface area contributed by atoms with Gasteiger partial charge in [0, 0.05) is 48.7 Å². The molecule has 0 spiro atoms. The average Bonchev–Trinajstić information content (AvgIpc) is 3.02. The molecule has 4 aromatic carbocycles. The van der Waals surface area contributed by atoms with E-state index >= 15 is 0 Å². The summed E-state index contributed by atoms with van der Waals surface area (Å²) in [7, 11) is 0. The van der Waals surface area contributed by atoms with E-state index < -0.39 is 11.6 Å². The van der Waals surface area contributed by atoms with Crippen molar-refractivity contribution in [2.75, 3.05) is 0 Å². The third kappa shape index (κ3) is 4.00. The van der Waals surface area contributed by atoms with Gasteiger partial charge in [-0.1, -0.05) is 48.5 Å². The van der Waals surface area contributed by atoms with E-state index in [0.717, 1.165) is 0 Å². The van der Waals surface area contributed by atoms with Gasteiger partial charge in [0.25, 0.3) is 0 Å². The summed E-state index contributed by atoms with van der Waals surface area (Å²) in [5.74, 6) is -1.47. The molecule has 4 aromatic rings. The fourth-order valence-corrected chi connectivity index (χ4v) is 5.68. The first-order chi connectivity index (χ1) is 20.2. The molecule has 8 nitrogen and oxygen atoms in total. The van der Waals surface area contributed by atoms with Gasteiger partial charge in [0.2, 0.25) is 0 Å². The van der Waals surface area contributed by atoms with E-state index in [9.17, 15) is 35.0 Å². The van der Waals surface area contributed by atoms with E-state index in [0.29, 0.717) is 5.56 Å². The van der Waals surface area contributed by atoms with Crippen LogP contribution >= 0.6 is 25.3 Å². The molecule has 0 heterocycles. The second-order valence-corrected chi connectivity index (χ2v) is 9.86. The maximum Gasteiger partial charge on any atom is 0.195 e. The van der Waals surface area contributed by atoms with Crippen LogP contribution in [-0.2, 0) is 0 Å². The Kier molecular flexibility index (Phi) is 7.05. The van der Waals surface area contributed by atoms with Crippen LogP contribution in [0.4, 0.5) is 0 Å². The van der Waals surface area contributed by atoms with Crippen molar-refractivity contribution in [1.29, 1.82) is 21.0 Å². The predicted molar refractivity (Wildman–Crippen MR) is 153 cm³/mol.